The number of halogens is 2. The van der Waals surface area contributed by atoms with Gasteiger partial charge in [-0.1, -0.05) is 47.3 Å². The quantitative estimate of drug-likeness (QED) is 0.374. The molecule has 1 aliphatic rings. The molecule has 1 aromatic heterocycles. The summed E-state index contributed by atoms with van der Waals surface area (Å²) >= 11 is 12.5. The van der Waals surface area contributed by atoms with Crippen LogP contribution in [0.15, 0.2) is 54.7 Å². The standard InChI is InChI=1S/C28H28Cl2N6O2/c1-36(2)24-14-15-31-28(34-24)33-21-11-9-20(10-12-21)32-27(38)22-16-19(29)17-23(30)26(22)35-25(37)13-8-18-6-4-3-5-7-18/h3-7,14-17,20-21H,9-12H2,1-2H3,(H,32,38)(H,35,37)(H,31,33,34). The normalized spacial score (nSPS) is 16.5. The highest BCUT2D eigenvalue weighted by Gasteiger charge is 2.25. The van der Waals surface area contributed by atoms with Gasteiger partial charge in [0.2, 0.25) is 5.95 Å². The molecule has 3 aromatic rings. The molecule has 4 rings (SSSR count). The van der Waals surface area contributed by atoms with Gasteiger partial charge in [-0.2, -0.15) is 4.98 Å². The van der Waals surface area contributed by atoms with Crippen LogP contribution in [0.5, 0.6) is 0 Å². The van der Waals surface area contributed by atoms with E-state index in [1.165, 1.54) is 12.1 Å². The summed E-state index contributed by atoms with van der Waals surface area (Å²) in [5.74, 6) is 5.79. The van der Waals surface area contributed by atoms with Crippen LogP contribution in [0.4, 0.5) is 17.5 Å². The number of carbonyl (C=O) groups excluding carboxylic acids is 2. The van der Waals surface area contributed by atoms with Crippen molar-refractivity contribution in [3.63, 3.8) is 0 Å². The molecule has 1 saturated carbocycles. The Kier molecular flexibility index (Phi) is 9.06. The van der Waals surface area contributed by atoms with Crippen LogP contribution in [0.3, 0.4) is 0 Å². The van der Waals surface area contributed by atoms with Gasteiger partial charge >= 0.3 is 5.91 Å². The molecule has 196 valence electrons. The minimum atomic E-state index is -0.584. The SMILES string of the molecule is CN(C)c1ccnc(NC2CCC(NC(=O)c3cc(Cl)cc(Cl)c3NC(=O)C#Cc3ccccc3)CC2)n1. The molecule has 10 heteroatoms. The predicted octanol–water partition coefficient (Wildman–Crippen LogP) is 4.99. The Morgan fingerprint density at radius 3 is 2.42 bits per heavy atom. The minimum absolute atomic E-state index is 0.0336. The summed E-state index contributed by atoms with van der Waals surface area (Å²) < 4.78 is 0. The van der Waals surface area contributed by atoms with E-state index in [0.29, 0.717) is 16.5 Å². The Hall–Kier alpha value is -3.80. The van der Waals surface area contributed by atoms with Crippen molar-refractivity contribution in [1.29, 1.82) is 0 Å². The number of anilines is 3. The number of benzene rings is 2. The van der Waals surface area contributed by atoms with Crippen LogP contribution in [-0.4, -0.2) is 48.0 Å². The third-order valence-corrected chi connectivity index (χ3v) is 6.64. The molecule has 2 amide bonds. The fraction of sp³-hybridized carbons (Fsp3) is 0.286. The first-order valence-electron chi connectivity index (χ1n) is 12.2. The Morgan fingerprint density at radius 1 is 1.00 bits per heavy atom. The number of carbonyl (C=O) groups is 2. The average molecular weight is 551 g/mol. The first kappa shape index (κ1) is 27.2. The van der Waals surface area contributed by atoms with Gasteiger partial charge in [0, 0.05) is 48.9 Å². The van der Waals surface area contributed by atoms with Crippen LogP contribution >= 0.6 is 23.2 Å². The Morgan fingerprint density at radius 2 is 1.71 bits per heavy atom. The molecule has 3 N–H and O–H groups in total. The van der Waals surface area contributed by atoms with Crippen molar-refractivity contribution in [3.05, 3.63) is 75.9 Å². The number of hydrogen-bond donors (Lipinski definition) is 3. The molecule has 2 aromatic carbocycles. The molecular formula is C28H28Cl2N6O2. The minimum Gasteiger partial charge on any atom is -0.363 e. The number of nitrogens with zero attached hydrogens (tertiary/aromatic N) is 3. The fourth-order valence-electron chi connectivity index (χ4n) is 4.17. The van der Waals surface area contributed by atoms with Gasteiger partial charge in [-0.05, 0) is 56.0 Å². The van der Waals surface area contributed by atoms with Gasteiger partial charge < -0.3 is 20.9 Å². The van der Waals surface area contributed by atoms with Crippen molar-refractivity contribution in [2.75, 3.05) is 29.6 Å². The van der Waals surface area contributed by atoms with Gasteiger partial charge in [0.1, 0.15) is 5.82 Å². The van der Waals surface area contributed by atoms with Gasteiger partial charge in [0.25, 0.3) is 5.91 Å². The first-order chi connectivity index (χ1) is 18.3. The smallest absolute Gasteiger partial charge is 0.300 e. The molecule has 1 aliphatic carbocycles. The van der Waals surface area contributed by atoms with Crippen molar-refractivity contribution < 1.29 is 9.59 Å². The number of amides is 2. The highest BCUT2D eigenvalue weighted by molar-refractivity contribution is 6.38. The second kappa shape index (κ2) is 12.6. The summed E-state index contributed by atoms with van der Waals surface area (Å²) in [7, 11) is 3.87. The van der Waals surface area contributed by atoms with Crippen LogP contribution in [0.1, 0.15) is 41.6 Å². The van der Waals surface area contributed by atoms with Crippen LogP contribution in [0.25, 0.3) is 0 Å². The summed E-state index contributed by atoms with van der Waals surface area (Å²) in [6, 6.07) is 14.1. The molecule has 0 saturated heterocycles. The van der Waals surface area contributed by atoms with Crippen molar-refractivity contribution >= 4 is 52.5 Å². The molecule has 0 radical (unpaired) electrons. The molecule has 0 unspecified atom stereocenters. The van der Waals surface area contributed by atoms with E-state index in [2.05, 4.69) is 37.8 Å². The largest absolute Gasteiger partial charge is 0.363 e. The van der Waals surface area contributed by atoms with Crippen molar-refractivity contribution in [3.8, 4) is 11.8 Å². The van der Waals surface area contributed by atoms with E-state index in [4.69, 9.17) is 23.2 Å². The maximum absolute atomic E-state index is 13.2. The fourth-order valence-corrected chi connectivity index (χ4v) is 4.71. The number of aromatic nitrogens is 2. The first-order valence-corrected chi connectivity index (χ1v) is 13.0. The second-order valence-electron chi connectivity index (χ2n) is 9.18. The molecule has 0 spiro atoms. The lowest BCUT2D eigenvalue weighted by atomic mass is 9.91. The van der Waals surface area contributed by atoms with Crippen LogP contribution in [0.2, 0.25) is 10.0 Å². The Bertz CT molecular complexity index is 1360. The molecule has 0 aliphatic heterocycles. The Labute approximate surface area is 232 Å². The highest BCUT2D eigenvalue weighted by atomic mass is 35.5. The average Bonchev–Trinajstić information content (AvgIpc) is 2.90. The van der Waals surface area contributed by atoms with E-state index < -0.39 is 5.91 Å². The zero-order chi connectivity index (χ0) is 27.1. The van der Waals surface area contributed by atoms with Crippen LogP contribution in [0, 0.1) is 11.8 Å². The summed E-state index contributed by atoms with van der Waals surface area (Å²) in [5.41, 5.74) is 1.06. The molecule has 8 nitrogen and oxygen atoms in total. The third-order valence-electron chi connectivity index (χ3n) is 6.13. The maximum Gasteiger partial charge on any atom is 0.300 e. The van der Waals surface area contributed by atoms with Crippen molar-refractivity contribution in [1.82, 2.24) is 15.3 Å². The number of nitrogens with one attached hydrogen (secondary N) is 3. The van der Waals surface area contributed by atoms with E-state index in [9.17, 15) is 9.59 Å². The molecular weight excluding hydrogens is 523 g/mol. The molecule has 1 fully saturated rings. The van der Waals surface area contributed by atoms with E-state index in [1.54, 1.807) is 18.3 Å². The van der Waals surface area contributed by atoms with E-state index in [0.717, 1.165) is 31.5 Å². The second-order valence-corrected chi connectivity index (χ2v) is 10.0. The van der Waals surface area contributed by atoms with E-state index >= 15 is 0 Å². The molecule has 0 atom stereocenters. The van der Waals surface area contributed by atoms with Crippen LogP contribution < -0.4 is 20.9 Å². The topological polar surface area (TPSA) is 99.3 Å². The monoisotopic (exact) mass is 550 g/mol. The van der Waals surface area contributed by atoms with Gasteiger partial charge in [0.15, 0.2) is 0 Å². The Balaban J connectivity index is 1.38. The summed E-state index contributed by atoms with van der Waals surface area (Å²) in [5, 5.41) is 9.56. The maximum atomic E-state index is 13.2. The lowest BCUT2D eigenvalue weighted by molar-refractivity contribution is -0.111. The summed E-state index contributed by atoms with van der Waals surface area (Å²) in [4.78, 5) is 36.5. The van der Waals surface area contributed by atoms with Gasteiger partial charge in [0.05, 0.1) is 16.3 Å². The molecule has 1 heterocycles. The van der Waals surface area contributed by atoms with Gasteiger partial charge in [-0.15, -0.1) is 0 Å². The molecule has 38 heavy (non-hydrogen) atoms. The predicted molar refractivity (Wildman–Crippen MR) is 152 cm³/mol. The van der Waals surface area contributed by atoms with Crippen LogP contribution in [-0.2, 0) is 4.79 Å². The van der Waals surface area contributed by atoms with Crippen molar-refractivity contribution in [2.24, 2.45) is 0 Å². The number of hydrogen-bond acceptors (Lipinski definition) is 6. The lowest BCUT2D eigenvalue weighted by Gasteiger charge is -2.30. The van der Waals surface area contributed by atoms with E-state index in [1.807, 2.05) is 43.3 Å². The van der Waals surface area contributed by atoms with Gasteiger partial charge in [-0.25, -0.2) is 4.98 Å². The van der Waals surface area contributed by atoms with Gasteiger partial charge in [-0.3, -0.25) is 9.59 Å². The summed E-state index contributed by atoms with van der Waals surface area (Å²) in [6.45, 7) is 0. The zero-order valence-electron chi connectivity index (χ0n) is 21.1. The number of rotatable bonds is 6. The zero-order valence-corrected chi connectivity index (χ0v) is 22.6. The lowest BCUT2D eigenvalue weighted by Crippen LogP contribution is -2.40. The molecule has 0 bridgehead atoms. The van der Waals surface area contributed by atoms with Crippen molar-refractivity contribution in [2.45, 2.75) is 37.8 Å². The third kappa shape index (κ3) is 7.37. The van der Waals surface area contributed by atoms with E-state index in [-0.39, 0.29) is 34.3 Å². The highest BCUT2D eigenvalue weighted by Crippen LogP contribution is 2.31. The summed E-state index contributed by atoms with van der Waals surface area (Å²) in [6.07, 6.45) is 4.96.